The Morgan fingerprint density at radius 3 is 2.68 bits per heavy atom. The van der Waals surface area contributed by atoms with E-state index in [2.05, 4.69) is 15.6 Å². The van der Waals surface area contributed by atoms with Gasteiger partial charge in [-0.15, -0.1) is 11.3 Å². The van der Waals surface area contributed by atoms with Crippen LogP contribution in [0.25, 0.3) is 11.0 Å². The van der Waals surface area contributed by atoms with Gasteiger partial charge in [0.2, 0.25) is 11.9 Å². The lowest BCUT2D eigenvalue weighted by molar-refractivity contribution is -0.137. The SMILES string of the molecule is O=C(CNC(=O)c1cccs1)Nc1nc2cc(C(F)(F)F)ccc2n1Cc1ccco1. The van der Waals surface area contributed by atoms with Gasteiger partial charge >= 0.3 is 6.18 Å². The van der Waals surface area contributed by atoms with Gasteiger partial charge in [0.1, 0.15) is 5.76 Å². The molecule has 0 unspecified atom stereocenters. The zero-order chi connectivity index (χ0) is 22.0. The molecule has 160 valence electrons. The summed E-state index contributed by atoms with van der Waals surface area (Å²) in [7, 11) is 0. The largest absolute Gasteiger partial charge is 0.467 e. The van der Waals surface area contributed by atoms with Crippen molar-refractivity contribution in [3.8, 4) is 0 Å². The second kappa shape index (κ2) is 8.26. The van der Waals surface area contributed by atoms with E-state index in [1.807, 2.05) is 0 Å². The summed E-state index contributed by atoms with van der Waals surface area (Å²) in [6, 6.07) is 9.88. The summed E-state index contributed by atoms with van der Waals surface area (Å²) in [5.74, 6) is -0.400. The Hall–Kier alpha value is -3.60. The lowest BCUT2D eigenvalue weighted by Crippen LogP contribution is -2.33. The van der Waals surface area contributed by atoms with Gasteiger partial charge in [0.15, 0.2) is 0 Å². The molecule has 0 fully saturated rings. The number of nitrogens with one attached hydrogen (secondary N) is 2. The van der Waals surface area contributed by atoms with Crippen molar-refractivity contribution in [2.45, 2.75) is 12.7 Å². The van der Waals surface area contributed by atoms with Crippen LogP contribution in [0.15, 0.2) is 58.5 Å². The van der Waals surface area contributed by atoms with Crippen molar-refractivity contribution < 1.29 is 27.2 Å². The van der Waals surface area contributed by atoms with E-state index < -0.39 is 23.6 Å². The van der Waals surface area contributed by atoms with Crippen LogP contribution in [0.2, 0.25) is 0 Å². The van der Waals surface area contributed by atoms with E-state index in [9.17, 15) is 22.8 Å². The van der Waals surface area contributed by atoms with Crippen LogP contribution in [-0.2, 0) is 17.5 Å². The predicted octanol–water partition coefficient (Wildman–Crippen LogP) is 4.13. The Bertz CT molecular complexity index is 1210. The average molecular weight is 448 g/mol. The average Bonchev–Trinajstić information content (AvgIpc) is 3.48. The van der Waals surface area contributed by atoms with Crippen LogP contribution in [0.3, 0.4) is 0 Å². The second-order valence-corrected chi connectivity index (χ2v) is 7.46. The number of rotatable bonds is 6. The van der Waals surface area contributed by atoms with Crippen LogP contribution in [-0.4, -0.2) is 27.9 Å². The van der Waals surface area contributed by atoms with Crippen LogP contribution in [0, 0.1) is 0 Å². The molecule has 0 aliphatic heterocycles. The zero-order valence-corrected chi connectivity index (χ0v) is 16.6. The van der Waals surface area contributed by atoms with Gasteiger partial charge in [-0.1, -0.05) is 6.07 Å². The van der Waals surface area contributed by atoms with E-state index in [-0.39, 0.29) is 24.6 Å². The molecule has 31 heavy (non-hydrogen) atoms. The number of carbonyl (C=O) groups excluding carboxylic acids is 2. The lowest BCUT2D eigenvalue weighted by atomic mass is 10.2. The highest BCUT2D eigenvalue weighted by Gasteiger charge is 2.31. The summed E-state index contributed by atoms with van der Waals surface area (Å²) in [6.07, 6.45) is -3.05. The molecule has 0 aliphatic carbocycles. The summed E-state index contributed by atoms with van der Waals surface area (Å²) in [6.45, 7) is -0.180. The molecule has 11 heteroatoms. The van der Waals surface area contributed by atoms with Gasteiger partial charge in [-0.3, -0.25) is 14.9 Å². The van der Waals surface area contributed by atoms with Gasteiger partial charge < -0.3 is 14.3 Å². The topological polar surface area (TPSA) is 89.2 Å². The normalized spacial score (nSPS) is 11.6. The highest BCUT2D eigenvalue weighted by atomic mass is 32.1. The van der Waals surface area contributed by atoms with E-state index in [1.165, 1.54) is 28.2 Å². The fourth-order valence-corrected chi connectivity index (χ4v) is 3.58. The highest BCUT2D eigenvalue weighted by Crippen LogP contribution is 2.32. The van der Waals surface area contributed by atoms with Crippen molar-refractivity contribution in [3.05, 3.63) is 70.3 Å². The lowest BCUT2D eigenvalue weighted by Gasteiger charge is -2.10. The molecule has 4 rings (SSSR count). The number of hydrogen-bond acceptors (Lipinski definition) is 5. The summed E-state index contributed by atoms with van der Waals surface area (Å²) in [5, 5.41) is 6.78. The highest BCUT2D eigenvalue weighted by molar-refractivity contribution is 7.12. The number of thiophene rings is 1. The van der Waals surface area contributed by atoms with E-state index in [0.717, 1.165) is 12.1 Å². The molecule has 3 heterocycles. The standard InChI is InChI=1S/C20H15F3N4O3S/c21-20(22,23)12-5-6-15-14(9-12)25-19(27(15)11-13-3-1-7-30-13)26-17(28)10-24-18(29)16-4-2-8-31-16/h1-9H,10-11H2,(H,24,29)(H,25,26,28). The summed E-state index contributed by atoms with van der Waals surface area (Å²) in [5.41, 5.74) is -0.384. The molecule has 0 bridgehead atoms. The molecule has 0 saturated carbocycles. The first kappa shape index (κ1) is 20.7. The number of benzene rings is 1. The Morgan fingerprint density at radius 2 is 2.00 bits per heavy atom. The van der Waals surface area contributed by atoms with Crippen molar-refractivity contribution in [2.24, 2.45) is 0 Å². The Kier molecular flexibility index (Phi) is 5.51. The smallest absolute Gasteiger partial charge is 0.416 e. The van der Waals surface area contributed by atoms with Crippen molar-refractivity contribution >= 4 is 40.1 Å². The second-order valence-electron chi connectivity index (χ2n) is 6.51. The van der Waals surface area contributed by atoms with E-state index in [0.29, 0.717) is 16.2 Å². The summed E-state index contributed by atoms with van der Waals surface area (Å²) >= 11 is 1.23. The maximum atomic E-state index is 13.1. The van der Waals surface area contributed by atoms with Crippen molar-refractivity contribution in [3.63, 3.8) is 0 Å². The van der Waals surface area contributed by atoms with Crippen molar-refractivity contribution in [1.29, 1.82) is 0 Å². The molecule has 0 atom stereocenters. The van der Waals surface area contributed by atoms with Gasteiger partial charge in [-0.2, -0.15) is 13.2 Å². The van der Waals surface area contributed by atoms with Gasteiger partial charge in [-0.05, 0) is 41.8 Å². The van der Waals surface area contributed by atoms with E-state index >= 15 is 0 Å². The van der Waals surface area contributed by atoms with E-state index in [4.69, 9.17) is 4.42 Å². The Balaban J connectivity index is 1.58. The van der Waals surface area contributed by atoms with Crippen LogP contribution >= 0.6 is 11.3 Å². The minimum Gasteiger partial charge on any atom is -0.467 e. The third-order valence-corrected chi connectivity index (χ3v) is 5.24. The third-order valence-electron chi connectivity index (χ3n) is 4.38. The van der Waals surface area contributed by atoms with Gasteiger partial charge in [-0.25, -0.2) is 4.98 Å². The summed E-state index contributed by atoms with van der Waals surface area (Å²) < 4.78 is 46.1. The van der Waals surface area contributed by atoms with Gasteiger partial charge in [0.05, 0.1) is 40.8 Å². The number of halogens is 3. The fraction of sp³-hybridized carbons (Fsp3) is 0.150. The number of fused-ring (bicyclic) bond motifs is 1. The number of hydrogen-bond donors (Lipinski definition) is 2. The quantitative estimate of drug-likeness (QED) is 0.464. The molecule has 4 aromatic rings. The maximum Gasteiger partial charge on any atom is 0.416 e. The van der Waals surface area contributed by atoms with Crippen molar-refractivity contribution in [1.82, 2.24) is 14.9 Å². The molecule has 0 saturated heterocycles. The predicted molar refractivity (Wildman–Crippen MR) is 108 cm³/mol. The maximum absolute atomic E-state index is 13.1. The van der Waals surface area contributed by atoms with E-state index in [1.54, 1.807) is 29.6 Å². The molecule has 2 N–H and O–H groups in total. The minimum absolute atomic E-state index is 0.0427. The third kappa shape index (κ3) is 4.61. The fourth-order valence-electron chi connectivity index (χ4n) is 2.94. The van der Waals surface area contributed by atoms with Crippen LogP contribution < -0.4 is 10.6 Å². The van der Waals surface area contributed by atoms with Crippen LogP contribution in [0.1, 0.15) is 21.0 Å². The molecule has 0 spiro atoms. The van der Waals surface area contributed by atoms with Gasteiger partial charge in [0.25, 0.3) is 5.91 Å². The zero-order valence-electron chi connectivity index (χ0n) is 15.8. The van der Waals surface area contributed by atoms with Crippen LogP contribution in [0.5, 0.6) is 0 Å². The Morgan fingerprint density at radius 1 is 1.16 bits per heavy atom. The molecule has 1 aromatic carbocycles. The number of alkyl halides is 3. The summed E-state index contributed by atoms with van der Waals surface area (Å²) in [4.78, 5) is 29.0. The first-order chi connectivity index (χ1) is 14.8. The molecular formula is C20H15F3N4O3S. The number of amides is 2. The number of nitrogens with zero attached hydrogens (tertiary/aromatic N) is 2. The first-order valence-electron chi connectivity index (χ1n) is 9.02. The number of imidazole rings is 1. The number of furan rings is 1. The molecule has 2 amide bonds. The van der Waals surface area contributed by atoms with Gasteiger partial charge in [0, 0.05) is 0 Å². The Labute approximate surface area is 177 Å². The monoisotopic (exact) mass is 448 g/mol. The molecule has 0 aliphatic rings. The molecule has 0 radical (unpaired) electrons. The molecule has 7 nitrogen and oxygen atoms in total. The number of carbonyl (C=O) groups is 2. The number of aromatic nitrogens is 2. The first-order valence-corrected chi connectivity index (χ1v) is 9.90. The minimum atomic E-state index is -4.52. The van der Waals surface area contributed by atoms with Crippen LogP contribution in [0.4, 0.5) is 19.1 Å². The molecular weight excluding hydrogens is 433 g/mol. The number of anilines is 1. The molecule has 3 aromatic heterocycles. The van der Waals surface area contributed by atoms with Crippen molar-refractivity contribution in [2.75, 3.05) is 11.9 Å².